The Labute approximate surface area is 126 Å². The van der Waals surface area contributed by atoms with Crippen LogP contribution >= 0.6 is 11.6 Å². The van der Waals surface area contributed by atoms with E-state index in [0.717, 1.165) is 10.8 Å². The maximum atomic E-state index is 12.4. The van der Waals surface area contributed by atoms with E-state index >= 15 is 0 Å². The zero-order valence-electron chi connectivity index (χ0n) is 11.0. The summed E-state index contributed by atoms with van der Waals surface area (Å²) in [6.07, 6.45) is 4.62. The summed E-state index contributed by atoms with van der Waals surface area (Å²) in [6, 6.07) is 7.03. The summed E-state index contributed by atoms with van der Waals surface area (Å²) in [5.41, 5.74) is 0.455. The average molecular weight is 323 g/mol. The van der Waals surface area contributed by atoms with E-state index in [-0.39, 0.29) is 10.2 Å². The number of aromatic nitrogens is 3. The molecular weight excluding hydrogens is 312 g/mol. The summed E-state index contributed by atoms with van der Waals surface area (Å²) in [7, 11) is -2.23. The van der Waals surface area contributed by atoms with Gasteiger partial charge in [0, 0.05) is 30.2 Å². The second kappa shape index (κ2) is 5.01. The minimum atomic E-state index is -3.85. The van der Waals surface area contributed by atoms with Gasteiger partial charge in [0.1, 0.15) is 5.15 Å². The first-order chi connectivity index (χ1) is 9.99. The van der Waals surface area contributed by atoms with Crippen LogP contribution in [0.5, 0.6) is 0 Å². The van der Waals surface area contributed by atoms with Crippen LogP contribution in [0.15, 0.2) is 48.0 Å². The van der Waals surface area contributed by atoms with Crippen molar-refractivity contribution >= 4 is 38.1 Å². The SMILES string of the molecule is Cn1cnc(S(=O)(=O)Nc2cccc3cnccc23)c1Cl. The third-order valence-corrected chi connectivity index (χ3v) is 4.87. The number of rotatable bonds is 3. The molecular formula is C13H11ClN4O2S. The summed E-state index contributed by atoms with van der Waals surface area (Å²) >= 11 is 5.95. The van der Waals surface area contributed by atoms with Crippen molar-refractivity contribution in [1.82, 2.24) is 14.5 Å². The molecule has 0 atom stereocenters. The molecule has 1 N–H and O–H groups in total. The Morgan fingerprint density at radius 3 is 2.81 bits per heavy atom. The summed E-state index contributed by atoms with van der Waals surface area (Å²) in [6.45, 7) is 0. The van der Waals surface area contributed by atoms with Crippen molar-refractivity contribution in [3.8, 4) is 0 Å². The molecule has 2 heterocycles. The van der Waals surface area contributed by atoms with E-state index in [0.29, 0.717) is 5.69 Å². The normalized spacial score (nSPS) is 11.7. The van der Waals surface area contributed by atoms with Crippen molar-refractivity contribution in [2.75, 3.05) is 4.72 Å². The Bertz CT molecular complexity index is 916. The van der Waals surface area contributed by atoms with Crippen molar-refractivity contribution < 1.29 is 8.42 Å². The van der Waals surface area contributed by atoms with Crippen LogP contribution in [0.1, 0.15) is 0 Å². The van der Waals surface area contributed by atoms with Crippen molar-refractivity contribution in [3.63, 3.8) is 0 Å². The van der Waals surface area contributed by atoms with E-state index in [1.54, 1.807) is 37.6 Å². The molecule has 1 aromatic carbocycles. The molecule has 0 radical (unpaired) electrons. The van der Waals surface area contributed by atoms with Crippen LogP contribution in [0.4, 0.5) is 5.69 Å². The number of hydrogen-bond donors (Lipinski definition) is 1. The van der Waals surface area contributed by atoms with Crippen molar-refractivity contribution in [1.29, 1.82) is 0 Å². The van der Waals surface area contributed by atoms with Gasteiger partial charge in [-0.25, -0.2) is 4.98 Å². The van der Waals surface area contributed by atoms with E-state index in [1.165, 1.54) is 10.9 Å². The first-order valence-corrected chi connectivity index (χ1v) is 7.87. The van der Waals surface area contributed by atoms with Gasteiger partial charge in [-0.05, 0) is 12.1 Å². The second-order valence-corrected chi connectivity index (χ2v) is 6.42. The minimum absolute atomic E-state index is 0.0596. The van der Waals surface area contributed by atoms with Gasteiger partial charge >= 0.3 is 0 Å². The highest BCUT2D eigenvalue weighted by atomic mass is 35.5. The fourth-order valence-corrected chi connectivity index (χ4v) is 3.49. The number of sulfonamides is 1. The van der Waals surface area contributed by atoms with Crippen LogP contribution in [-0.2, 0) is 17.1 Å². The Hall–Kier alpha value is -2.12. The van der Waals surface area contributed by atoms with Crippen molar-refractivity contribution in [2.45, 2.75) is 5.03 Å². The van der Waals surface area contributed by atoms with Gasteiger partial charge in [0.05, 0.1) is 12.0 Å². The topological polar surface area (TPSA) is 76.9 Å². The number of nitrogens with one attached hydrogen (secondary N) is 1. The van der Waals surface area contributed by atoms with Crippen molar-refractivity contribution in [3.05, 3.63) is 48.1 Å². The number of fused-ring (bicyclic) bond motifs is 1. The van der Waals surface area contributed by atoms with Gasteiger partial charge in [0.25, 0.3) is 10.0 Å². The fourth-order valence-electron chi connectivity index (χ4n) is 1.98. The Kier molecular flexibility index (Phi) is 3.30. The quantitative estimate of drug-likeness (QED) is 0.803. The van der Waals surface area contributed by atoms with Crippen LogP contribution in [-0.4, -0.2) is 23.0 Å². The highest BCUT2D eigenvalue weighted by molar-refractivity contribution is 7.92. The van der Waals surface area contributed by atoms with Gasteiger partial charge in [-0.15, -0.1) is 0 Å². The molecule has 0 aliphatic rings. The third kappa shape index (κ3) is 2.45. The number of aryl methyl sites for hydroxylation is 1. The highest BCUT2D eigenvalue weighted by Crippen LogP contribution is 2.26. The van der Waals surface area contributed by atoms with Crippen molar-refractivity contribution in [2.24, 2.45) is 7.05 Å². The molecule has 2 aromatic heterocycles. The van der Waals surface area contributed by atoms with Crippen LogP contribution in [0.2, 0.25) is 5.15 Å². The number of benzene rings is 1. The minimum Gasteiger partial charge on any atom is -0.324 e. The molecule has 3 rings (SSSR count). The molecule has 0 unspecified atom stereocenters. The predicted molar refractivity (Wildman–Crippen MR) is 80.8 cm³/mol. The predicted octanol–water partition coefficient (Wildman–Crippen LogP) is 2.42. The van der Waals surface area contributed by atoms with Gasteiger partial charge in [0.2, 0.25) is 5.03 Å². The molecule has 0 saturated carbocycles. The number of imidazole rings is 1. The zero-order chi connectivity index (χ0) is 15.0. The van der Waals surface area contributed by atoms with Gasteiger partial charge in [-0.2, -0.15) is 8.42 Å². The first-order valence-electron chi connectivity index (χ1n) is 6.01. The Morgan fingerprint density at radius 2 is 2.10 bits per heavy atom. The van der Waals surface area contributed by atoms with E-state index in [9.17, 15) is 8.42 Å². The number of pyridine rings is 1. The van der Waals surface area contributed by atoms with Gasteiger partial charge in [0.15, 0.2) is 0 Å². The largest absolute Gasteiger partial charge is 0.324 e. The molecule has 3 aromatic rings. The van der Waals surface area contributed by atoms with Crippen LogP contribution in [0, 0.1) is 0 Å². The van der Waals surface area contributed by atoms with Crippen LogP contribution in [0.3, 0.4) is 0 Å². The number of hydrogen-bond acceptors (Lipinski definition) is 4. The molecule has 0 fully saturated rings. The highest BCUT2D eigenvalue weighted by Gasteiger charge is 2.23. The fraction of sp³-hybridized carbons (Fsp3) is 0.0769. The van der Waals surface area contributed by atoms with Crippen LogP contribution < -0.4 is 4.72 Å². The lowest BCUT2D eigenvalue weighted by Gasteiger charge is -2.09. The molecule has 6 nitrogen and oxygen atoms in total. The maximum absolute atomic E-state index is 12.4. The van der Waals surface area contributed by atoms with E-state index in [1.807, 2.05) is 6.07 Å². The van der Waals surface area contributed by atoms with E-state index in [4.69, 9.17) is 11.6 Å². The summed E-state index contributed by atoms with van der Waals surface area (Å²) in [5.74, 6) is 0. The zero-order valence-corrected chi connectivity index (χ0v) is 12.6. The summed E-state index contributed by atoms with van der Waals surface area (Å²) in [5, 5.41) is 1.45. The molecule has 0 saturated heterocycles. The van der Waals surface area contributed by atoms with Gasteiger partial charge in [-0.1, -0.05) is 23.7 Å². The molecule has 0 aliphatic carbocycles. The lowest BCUT2D eigenvalue weighted by atomic mass is 10.1. The van der Waals surface area contributed by atoms with Gasteiger partial charge < -0.3 is 4.57 Å². The van der Waals surface area contributed by atoms with E-state index in [2.05, 4.69) is 14.7 Å². The lowest BCUT2D eigenvalue weighted by molar-refractivity contribution is 0.598. The second-order valence-electron chi connectivity index (χ2n) is 4.46. The Morgan fingerprint density at radius 1 is 1.29 bits per heavy atom. The maximum Gasteiger partial charge on any atom is 0.282 e. The monoisotopic (exact) mass is 322 g/mol. The Balaban J connectivity index is 2.08. The van der Waals surface area contributed by atoms with Gasteiger partial charge in [-0.3, -0.25) is 9.71 Å². The number of anilines is 1. The summed E-state index contributed by atoms with van der Waals surface area (Å²) < 4.78 is 28.7. The molecule has 8 heteroatoms. The molecule has 21 heavy (non-hydrogen) atoms. The molecule has 0 spiro atoms. The molecule has 0 amide bonds. The van der Waals surface area contributed by atoms with Crippen LogP contribution in [0.25, 0.3) is 10.8 Å². The average Bonchev–Trinajstić information content (AvgIpc) is 2.80. The number of halogens is 1. The number of nitrogens with zero attached hydrogens (tertiary/aromatic N) is 3. The standard InChI is InChI=1S/C13H11ClN4O2S/c1-18-8-16-13(12(18)14)21(19,20)17-11-4-2-3-9-7-15-6-5-10(9)11/h2-8,17H,1H3. The van der Waals surface area contributed by atoms with E-state index < -0.39 is 10.0 Å². The first kappa shape index (κ1) is 13.8. The molecule has 108 valence electrons. The summed E-state index contributed by atoms with van der Waals surface area (Å²) in [4.78, 5) is 7.84. The lowest BCUT2D eigenvalue weighted by Crippen LogP contribution is -2.14. The molecule has 0 aliphatic heterocycles. The third-order valence-electron chi connectivity index (χ3n) is 3.01. The molecule has 0 bridgehead atoms. The smallest absolute Gasteiger partial charge is 0.282 e.